The summed E-state index contributed by atoms with van der Waals surface area (Å²) in [7, 11) is 1.56. The van der Waals surface area contributed by atoms with Crippen LogP contribution in [0.5, 0.6) is 5.75 Å². The highest BCUT2D eigenvalue weighted by Crippen LogP contribution is 2.12. The molecular formula is C20H32N6O5. The fourth-order valence-electron chi connectivity index (χ4n) is 2.67. The maximum Gasteiger partial charge on any atom is 0.251 e. The van der Waals surface area contributed by atoms with Crippen molar-refractivity contribution in [3.05, 3.63) is 39.9 Å². The number of nitrogens with two attached hydrogens (primary N) is 1. The van der Waals surface area contributed by atoms with Crippen LogP contribution in [0.15, 0.2) is 29.3 Å². The van der Waals surface area contributed by atoms with Gasteiger partial charge in [-0.1, -0.05) is 31.4 Å². The molecular weight excluding hydrogens is 404 g/mol. The van der Waals surface area contributed by atoms with Gasteiger partial charge in [-0.05, 0) is 42.9 Å². The van der Waals surface area contributed by atoms with Crippen molar-refractivity contribution in [3.63, 3.8) is 0 Å². The second kappa shape index (κ2) is 13.8. The number of guanidine groups is 1. The number of amides is 2. The van der Waals surface area contributed by atoms with Gasteiger partial charge in [-0.25, -0.2) is 15.1 Å². The first-order chi connectivity index (χ1) is 14.7. The number of aliphatic imine (C=N–C) groups is 1. The van der Waals surface area contributed by atoms with E-state index in [0.717, 1.165) is 12.0 Å². The zero-order valence-electron chi connectivity index (χ0n) is 18.2. The van der Waals surface area contributed by atoms with Crippen LogP contribution >= 0.6 is 0 Å². The molecule has 0 fully saturated rings. The molecule has 0 unspecified atom stereocenters. The summed E-state index contributed by atoms with van der Waals surface area (Å²) in [5.41, 5.74) is 7.92. The van der Waals surface area contributed by atoms with Crippen molar-refractivity contribution in [1.82, 2.24) is 16.1 Å². The number of rotatable bonds is 13. The van der Waals surface area contributed by atoms with Crippen LogP contribution in [-0.2, 0) is 16.0 Å². The molecule has 0 aromatic heterocycles. The molecule has 0 aliphatic carbocycles. The molecule has 2 amide bonds. The van der Waals surface area contributed by atoms with Crippen molar-refractivity contribution < 1.29 is 19.4 Å². The monoisotopic (exact) mass is 436 g/mol. The highest BCUT2D eigenvalue weighted by Gasteiger charge is 2.20. The normalized spacial score (nSPS) is 12.2. The van der Waals surface area contributed by atoms with E-state index in [1.54, 1.807) is 36.8 Å². The maximum absolute atomic E-state index is 12.6. The third-order valence-corrected chi connectivity index (χ3v) is 4.34. The number of hydrogen-bond acceptors (Lipinski definition) is 6. The first kappa shape index (κ1) is 25.7. The van der Waals surface area contributed by atoms with Crippen molar-refractivity contribution in [2.45, 2.75) is 45.6 Å². The largest absolute Gasteiger partial charge is 0.497 e. The van der Waals surface area contributed by atoms with Crippen molar-refractivity contribution >= 4 is 17.8 Å². The Morgan fingerprint density at radius 3 is 2.48 bits per heavy atom. The summed E-state index contributed by atoms with van der Waals surface area (Å²) >= 11 is 0. The molecule has 0 heterocycles. The molecule has 5 N–H and O–H groups in total. The van der Waals surface area contributed by atoms with Gasteiger partial charge in [-0.3, -0.25) is 9.59 Å². The Morgan fingerprint density at radius 1 is 1.23 bits per heavy atom. The number of ether oxygens (including phenoxy) is 1. The van der Waals surface area contributed by atoms with E-state index in [1.165, 1.54) is 0 Å². The van der Waals surface area contributed by atoms with Crippen LogP contribution in [0.25, 0.3) is 0 Å². The Bertz CT molecular complexity index is 751. The minimum atomic E-state index is -0.802. The second-order valence-electron chi connectivity index (χ2n) is 7.40. The van der Waals surface area contributed by atoms with Gasteiger partial charge in [0.25, 0.3) is 5.96 Å². The molecule has 1 aromatic rings. The van der Waals surface area contributed by atoms with E-state index in [1.807, 2.05) is 0 Å². The Balaban J connectivity index is 2.65. The number of hydrazine groups is 1. The first-order valence-electron chi connectivity index (χ1n) is 10.1. The molecule has 0 aliphatic rings. The third-order valence-electron chi connectivity index (χ3n) is 4.34. The van der Waals surface area contributed by atoms with Gasteiger partial charge in [0.1, 0.15) is 11.8 Å². The van der Waals surface area contributed by atoms with Crippen LogP contribution in [0.4, 0.5) is 0 Å². The predicted molar refractivity (Wildman–Crippen MR) is 117 cm³/mol. The SMILES string of the molecule is COc1ccc(CC(=O)N[C@@H](CCCN=C(N)N[N+](=O)[O-])C(=O)NCCC(C)C)cc1. The number of carbonyl (C=O) groups is 2. The number of carbonyl (C=O) groups excluding carboxylic acids is 2. The number of nitro groups is 1. The molecule has 172 valence electrons. The fraction of sp³-hybridized carbons (Fsp3) is 0.550. The Kier molecular flexibility index (Phi) is 11.4. The fourth-order valence-corrected chi connectivity index (χ4v) is 2.67. The predicted octanol–water partition coefficient (Wildman–Crippen LogP) is 0.761. The van der Waals surface area contributed by atoms with Crippen LogP contribution in [0, 0.1) is 16.0 Å². The van der Waals surface area contributed by atoms with Gasteiger partial charge < -0.3 is 21.1 Å². The van der Waals surface area contributed by atoms with Crippen molar-refractivity contribution in [3.8, 4) is 5.75 Å². The number of nitrogens with zero attached hydrogens (tertiary/aromatic N) is 2. The molecule has 0 saturated heterocycles. The van der Waals surface area contributed by atoms with E-state index in [0.29, 0.717) is 31.1 Å². The number of nitrogens with one attached hydrogen (secondary N) is 3. The lowest BCUT2D eigenvalue weighted by Gasteiger charge is -2.19. The molecule has 0 aliphatic heterocycles. The highest BCUT2D eigenvalue weighted by molar-refractivity contribution is 5.88. The standard InChI is InChI=1S/C20H32N6O5/c1-14(2)10-12-22-19(28)17(5-4-11-23-20(21)25-26(29)30)24-18(27)13-15-6-8-16(31-3)9-7-15/h6-9,14,17H,4-5,10-13H2,1-3H3,(H,22,28)(H,24,27)(H3,21,23,25)/t17-/m0/s1. The quantitative estimate of drug-likeness (QED) is 0.117. The minimum absolute atomic E-state index is 0.123. The summed E-state index contributed by atoms with van der Waals surface area (Å²) in [6.45, 7) is 4.80. The van der Waals surface area contributed by atoms with E-state index in [4.69, 9.17) is 10.5 Å². The van der Waals surface area contributed by atoms with Gasteiger partial charge in [-0.2, -0.15) is 0 Å². The van der Waals surface area contributed by atoms with Crippen LogP contribution < -0.4 is 26.5 Å². The number of methoxy groups -OCH3 is 1. The average molecular weight is 437 g/mol. The van der Waals surface area contributed by atoms with Crippen molar-refractivity contribution in [2.24, 2.45) is 16.6 Å². The molecule has 0 saturated carbocycles. The summed E-state index contributed by atoms with van der Waals surface area (Å²) in [6, 6.07) is 6.37. The minimum Gasteiger partial charge on any atom is -0.497 e. The topological polar surface area (TPSA) is 161 Å². The Labute approximate surface area is 181 Å². The molecule has 0 bridgehead atoms. The van der Waals surface area contributed by atoms with E-state index < -0.39 is 11.1 Å². The number of hydrogen-bond donors (Lipinski definition) is 4. The van der Waals surface area contributed by atoms with Crippen molar-refractivity contribution in [2.75, 3.05) is 20.2 Å². The van der Waals surface area contributed by atoms with Gasteiger partial charge in [0.05, 0.1) is 13.5 Å². The lowest BCUT2D eigenvalue weighted by atomic mass is 10.1. The molecule has 1 rings (SSSR count). The summed E-state index contributed by atoms with van der Waals surface area (Å²) in [4.78, 5) is 39.2. The summed E-state index contributed by atoms with van der Waals surface area (Å²) < 4.78 is 5.10. The Hall–Kier alpha value is -3.37. The summed E-state index contributed by atoms with van der Waals surface area (Å²) in [5.74, 6) is 0.260. The van der Waals surface area contributed by atoms with Gasteiger partial charge in [0.2, 0.25) is 11.8 Å². The van der Waals surface area contributed by atoms with Crippen LogP contribution in [-0.4, -0.2) is 49.0 Å². The van der Waals surface area contributed by atoms with Crippen molar-refractivity contribution in [1.29, 1.82) is 0 Å². The van der Waals surface area contributed by atoms with E-state index >= 15 is 0 Å². The molecule has 0 spiro atoms. The van der Waals surface area contributed by atoms with Crippen LogP contribution in [0.1, 0.15) is 38.7 Å². The average Bonchev–Trinajstić information content (AvgIpc) is 2.69. The molecule has 31 heavy (non-hydrogen) atoms. The second-order valence-corrected chi connectivity index (χ2v) is 7.40. The van der Waals surface area contributed by atoms with Crippen LogP contribution in [0.2, 0.25) is 0 Å². The molecule has 0 radical (unpaired) electrons. The van der Waals surface area contributed by atoms with Gasteiger partial charge in [0, 0.05) is 13.1 Å². The van der Waals surface area contributed by atoms with Crippen LogP contribution in [0.3, 0.4) is 0 Å². The van der Waals surface area contributed by atoms with E-state index in [2.05, 4.69) is 29.5 Å². The van der Waals surface area contributed by atoms with Gasteiger partial charge in [0.15, 0.2) is 5.03 Å². The number of benzene rings is 1. The smallest absolute Gasteiger partial charge is 0.251 e. The lowest BCUT2D eigenvalue weighted by Crippen LogP contribution is -2.47. The lowest BCUT2D eigenvalue weighted by molar-refractivity contribution is -0.525. The Morgan fingerprint density at radius 2 is 1.90 bits per heavy atom. The maximum atomic E-state index is 12.6. The molecule has 11 nitrogen and oxygen atoms in total. The highest BCUT2D eigenvalue weighted by atomic mass is 16.7. The van der Waals surface area contributed by atoms with Gasteiger partial charge in [-0.15, -0.1) is 0 Å². The molecule has 11 heteroatoms. The zero-order valence-corrected chi connectivity index (χ0v) is 18.2. The van der Waals surface area contributed by atoms with Gasteiger partial charge >= 0.3 is 0 Å². The summed E-state index contributed by atoms with van der Waals surface area (Å²) in [6.07, 6.45) is 1.67. The third kappa shape index (κ3) is 11.4. The van der Waals surface area contributed by atoms with E-state index in [-0.39, 0.29) is 30.7 Å². The first-order valence-corrected chi connectivity index (χ1v) is 10.1. The van der Waals surface area contributed by atoms with E-state index in [9.17, 15) is 19.7 Å². The zero-order chi connectivity index (χ0) is 23.2. The summed E-state index contributed by atoms with van der Waals surface area (Å²) in [5, 5.41) is 15.1. The molecule has 1 atom stereocenters. The molecule has 1 aromatic carbocycles.